The van der Waals surface area contributed by atoms with Crippen LogP contribution in [0.5, 0.6) is 0 Å². The Balaban J connectivity index is 3.46. The van der Waals surface area contributed by atoms with Crippen molar-refractivity contribution in [3.8, 4) is 0 Å². The van der Waals surface area contributed by atoms with E-state index in [9.17, 15) is 10.2 Å². The topological polar surface area (TPSA) is 40.5 Å². The third kappa shape index (κ3) is 8.64. The number of hydrogen-bond donors (Lipinski definition) is 2. The van der Waals surface area contributed by atoms with E-state index >= 15 is 0 Å². The predicted octanol–water partition coefficient (Wildman–Crippen LogP) is 3.03. The van der Waals surface area contributed by atoms with Crippen LogP contribution in [0.15, 0.2) is 12.2 Å². The highest BCUT2D eigenvalue weighted by atomic mass is 16.3. The van der Waals surface area contributed by atoms with E-state index in [1.807, 2.05) is 6.92 Å². The minimum absolute atomic E-state index is 0.510. The van der Waals surface area contributed by atoms with Gasteiger partial charge in [-0.15, -0.1) is 6.58 Å². The van der Waals surface area contributed by atoms with Crippen molar-refractivity contribution in [1.29, 1.82) is 0 Å². The highest BCUT2D eigenvalue weighted by molar-refractivity contribution is 4.92. The standard InChI is InChI=1S/C13H26O2/c1-4-5-6-7-8-9-12(14)13(15)10-11(2)3/h12-15H,2,4-10H2,1,3H3. The van der Waals surface area contributed by atoms with Crippen molar-refractivity contribution in [2.75, 3.05) is 0 Å². The fourth-order valence-corrected chi connectivity index (χ4v) is 1.64. The van der Waals surface area contributed by atoms with Gasteiger partial charge in [0.15, 0.2) is 0 Å². The zero-order chi connectivity index (χ0) is 11.7. The Hall–Kier alpha value is -0.340. The van der Waals surface area contributed by atoms with Gasteiger partial charge in [-0.3, -0.25) is 0 Å². The van der Waals surface area contributed by atoms with Gasteiger partial charge in [-0.25, -0.2) is 0 Å². The fraction of sp³-hybridized carbons (Fsp3) is 0.846. The molecule has 2 atom stereocenters. The first-order chi connectivity index (χ1) is 7.07. The lowest BCUT2D eigenvalue weighted by Gasteiger charge is -2.17. The van der Waals surface area contributed by atoms with Crippen molar-refractivity contribution in [3.05, 3.63) is 12.2 Å². The van der Waals surface area contributed by atoms with Crippen LogP contribution in [0.2, 0.25) is 0 Å². The molecule has 90 valence electrons. The number of rotatable bonds is 9. The number of hydrogen-bond acceptors (Lipinski definition) is 2. The Morgan fingerprint density at radius 1 is 1.07 bits per heavy atom. The zero-order valence-electron chi connectivity index (χ0n) is 10.2. The summed E-state index contributed by atoms with van der Waals surface area (Å²) in [5.41, 5.74) is 0.924. The third-order valence-electron chi connectivity index (χ3n) is 2.61. The van der Waals surface area contributed by atoms with Gasteiger partial charge in [0.2, 0.25) is 0 Å². The van der Waals surface area contributed by atoms with Gasteiger partial charge in [-0.05, 0) is 19.8 Å². The third-order valence-corrected chi connectivity index (χ3v) is 2.61. The minimum Gasteiger partial charge on any atom is -0.390 e. The quantitative estimate of drug-likeness (QED) is 0.457. The van der Waals surface area contributed by atoms with Gasteiger partial charge in [0.25, 0.3) is 0 Å². The van der Waals surface area contributed by atoms with Crippen molar-refractivity contribution in [3.63, 3.8) is 0 Å². The SMILES string of the molecule is C=C(C)CC(O)C(O)CCCCCCC. The van der Waals surface area contributed by atoms with Gasteiger partial charge in [-0.1, -0.05) is 44.6 Å². The summed E-state index contributed by atoms with van der Waals surface area (Å²) in [6, 6.07) is 0. The Labute approximate surface area is 94.0 Å². The summed E-state index contributed by atoms with van der Waals surface area (Å²) in [4.78, 5) is 0. The first kappa shape index (κ1) is 14.7. The van der Waals surface area contributed by atoms with Crippen molar-refractivity contribution < 1.29 is 10.2 Å². The van der Waals surface area contributed by atoms with E-state index < -0.39 is 12.2 Å². The van der Waals surface area contributed by atoms with Crippen LogP contribution in [-0.2, 0) is 0 Å². The molecule has 0 radical (unpaired) electrons. The van der Waals surface area contributed by atoms with Gasteiger partial charge in [0, 0.05) is 0 Å². The molecule has 0 fully saturated rings. The summed E-state index contributed by atoms with van der Waals surface area (Å²) in [5, 5.41) is 19.2. The summed E-state index contributed by atoms with van der Waals surface area (Å²) < 4.78 is 0. The van der Waals surface area contributed by atoms with Crippen LogP contribution in [0.4, 0.5) is 0 Å². The van der Waals surface area contributed by atoms with Gasteiger partial charge >= 0.3 is 0 Å². The van der Waals surface area contributed by atoms with Crippen LogP contribution in [0, 0.1) is 0 Å². The predicted molar refractivity (Wildman–Crippen MR) is 64.8 cm³/mol. The molecule has 0 aromatic rings. The second-order valence-electron chi connectivity index (χ2n) is 4.50. The summed E-state index contributed by atoms with van der Waals surface area (Å²) >= 11 is 0. The molecule has 0 aliphatic heterocycles. The molecule has 2 unspecified atom stereocenters. The van der Waals surface area contributed by atoms with Crippen LogP contribution in [0.3, 0.4) is 0 Å². The molecule has 2 N–H and O–H groups in total. The molecule has 0 rings (SSSR count). The summed E-state index contributed by atoms with van der Waals surface area (Å²) in [5.74, 6) is 0. The molecule has 0 aromatic carbocycles. The average Bonchev–Trinajstić information content (AvgIpc) is 2.16. The van der Waals surface area contributed by atoms with Crippen molar-refractivity contribution in [2.45, 2.75) is 71.0 Å². The number of unbranched alkanes of at least 4 members (excludes halogenated alkanes) is 4. The molecule has 0 saturated carbocycles. The molecule has 15 heavy (non-hydrogen) atoms. The van der Waals surface area contributed by atoms with E-state index in [4.69, 9.17) is 0 Å². The molecule has 2 heteroatoms. The molecule has 0 amide bonds. The Kier molecular flexibility index (Phi) is 8.73. The first-order valence-electron chi connectivity index (χ1n) is 6.08. The van der Waals surface area contributed by atoms with Crippen LogP contribution < -0.4 is 0 Å². The van der Waals surface area contributed by atoms with E-state index in [2.05, 4.69) is 13.5 Å². The van der Waals surface area contributed by atoms with Gasteiger partial charge < -0.3 is 10.2 Å². The number of aliphatic hydroxyl groups excluding tert-OH is 2. The summed E-state index contributed by atoms with van der Waals surface area (Å²) in [7, 11) is 0. The molecule has 0 aliphatic rings. The second kappa shape index (κ2) is 8.93. The fourth-order valence-electron chi connectivity index (χ4n) is 1.64. The van der Waals surface area contributed by atoms with Crippen LogP contribution in [0.1, 0.15) is 58.8 Å². The van der Waals surface area contributed by atoms with Gasteiger partial charge in [0.1, 0.15) is 0 Å². The Bertz CT molecular complexity index is 166. The van der Waals surface area contributed by atoms with Crippen molar-refractivity contribution in [2.24, 2.45) is 0 Å². The monoisotopic (exact) mass is 214 g/mol. The number of aliphatic hydroxyl groups is 2. The smallest absolute Gasteiger partial charge is 0.0835 e. The van der Waals surface area contributed by atoms with E-state index in [1.165, 1.54) is 19.3 Å². The molecule has 0 spiro atoms. The lowest BCUT2D eigenvalue weighted by Crippen LogP contribution is -2.25. The molecule has 0 aliphatic carbocycles. The van der Waals surface area contributed by atoms with E-state index in [1.54, 1.807) is 0 Å². The molecule has 0 bridgehead atoms. The summed E-state index contributed by atoms with van der Waals surface area (Å²) in [6.45, 7) is 7.79. The van der Waals surface area contributed by atoms with Gasteiger partial charge in [-0.2, -0.15) is 0 Å². The van der Waals surface area contributed by atoms with Crippen molar-refractivity contribution in [1.82, 2.24) is 0 Å². The average molecular weight is 214 g/mol. The highest BCUT2D eigenvalue weighted by Gasteiger charge is 2.15. The normalized spacial score (nSPS) is 14.9. The largest absolute Gasteiger partial charge is 0.390 e. The molecule has 0 aromatic heterocycles. The maximum atomic E-state index is 9.63. The van der Waals surface area contributed by atoms with E-state index in [-0.39, 0.29) is 0 Å². The maximum Gasteiger partial charge on any atom is 0.0835 e. The second-order valence-corrected chi connectivity index (χ2v) is 4.50. The Morgan fingerprint density at radius 2 is 1.67 bits per heavy atom. The molecule has 2 nitrogen and oxygen atoms in total. The molecular formula is C13H26O2. The van der Waals surface area contributed by atoms with Crippen molar-refractivity contribution >= 4 is 0 Å². The van der Waals surface area contributed by atoms with Crippen LogP contribution in [0.25, 0.3) is 0 Å². The minimum atomic E-state index is -0.631. The maximum absolute atomic E-state index is 9.63. The lowest BCUT2D eigenvalue weighted by atomic mass is 10.0. The lowest BCUT2D eigenvalue weighted by molar-refractivity contribution is 0.0138. The molecule has 0 heterocycles. The first-order valence-corrected chi connectivity index (χ1v) is 6.08. The van der Waals surface area contributed by atoms with E-state index in [0.717, 1.165) is 18.4 Å². The summed E-state index contributed by atoms with van der Waals surface area (Å²) in [6.07, 6.45) is 5.91. The molecular weight excluding hydrogens is 188 g/mol. The van der Waals surface area contributed by atoms with Gasteiger partial charge in [0.05, 0.1) is 12.2 Å². The van der Waals surface area contributed by atoms with Crippen LogP contribution in [-0.4, -0.2) is 22.4 Å². The Morgan fingerprint density at radius 3 is 2.20 bits per heavy atom. The van der Waals surface area contributed by atoms with E-state index in [0.29, 0.717) is 12.8 Å². The zero-order valence-corrected chi connectivity index (χ0v) is 10.2. The highest BCUT2D eigenvalue weighted by Crippen LogP contribution is 2.13. The van der Waals surface area contributed by atoms with Crippen LogP contribution >= 0.6 is 0 Å². The molecule has 0 saturated heterocycles.